The number of piperidine rings is 2. The van der Waals surface area contributed by atoms with E-state index in [1.807, 2.05) is 32.6 Å². The van der Waals surface area contributed by atoms with E-state index in [2.05, 4.69) is 11.9 Å². The zero-order valence-electron chi connectivity index (χ0n) is 17.3. The molecule has 0 aromatic heterocycles. The molecule has 0 bridgehead atoms. The second kappa shape index (κ2) is 9.07. The van der Waals surface area contributed by atoms with E-state index in [4.69, 9.17) is 4.74 Å². The Labute approximate surface area is 158 Å². The van der Waals surface area contributed by atoms with Crippen molar-refractivity contribution in [2.75, 3.05) is 46.3 Å². The van der Waals surface area contributed by atoms with Crippen LogP contribution >= 0.6 is 0 Å². The van der Waals surface area contributed by atoms with Crippen LogP contribution in [0, 0.1) is 11.8 Å². The Morgan fingerprint density at radius 3 is 1.96 bits per heavy atom. The van der Waals surface area contributed by atoms with Crippen molar-refractivity contribution in [2.45, 2.75) is 59.0 Å². The molecule has 0 aliphatic carbocycles. The molecule has 0 N–H and O–H groups in total. The van der Waals surface area contributed by atoms with Crippen molar-refractivity contribution in [3.05, 3.63) is 0 Å². The predicted octanol–water partition coefficient (Wildman–Crippen LogP) is 2.82. The minimum absolute atomic E-state index is 0.0412. The first-order chi connectivity index (χ1) is 12.2. The summed E-state index contributed by atoms with van der Waals surface area (Å²) in [4.78, 5) is 30.7. The van der Waals surface area contributed by atoms with Gasteiger partial charge in [-0.15, -0.1) is 0 Å². The van der Waals surface area contributed by atoms with Crippen LogP contribution in [0.25, 0.3) is 0 Å². The van der Waals surface area contributed by atoms with E-state index < -0.39 is 11.7 Å². The van der Waals surface area contributed by atoms with Crippen LogP contribution < -0.4 is 0 Å². The third-order valence-corrected chi connectivity index (χ3v) is 5.68. The Bertz CT molecular complexity index is 473. The molecule has 2 heterocycles. The van der Waals surface area contributed by atoms with E-state index in [-0.39, 0.29) is 12.5 Å². The first-order valence-electron chi connectivity index (χ1n) is 10.1. The SMILES string of the molecule is CCN(CC(=O)N1CCC(C2CCN(C)CC2)CC1)C(=O)OC(C)(C)C. The van der Waals surface area contributed by atoms with Gasteiger partial charge in [0.25, 0.3) is 0 Å². The highest BCUT2D eigenvalue weighted by Gasteiger charge is 2.31. The van der Waals surface area contributed by atoms with Crippen LogP contribution in [0.15, 0.2) is 0 Å². The van der Waals surface area contributed by atoms with E-state index in [0.717, 1.165) is 37.8 Å². The van der Waals surface area contributed by atoms with Crippen molar-refractivity contribution in [3.63, 3.8) is 0 Å². The molecule has 0 atom stereocenters. The Morgan fingerprint density at radius 2 is 1.50 bits per heavy atom. The van der Waals surface area contributed by atoms with Crippen molar-refractivity contribution < 1.29 is 14.3 Å². The van der Waals surface area contributed by atoms with Crippen LogP contribution in [0.1, 0.15) is 53.4 Å². The lowest BCUT2D eigenvalue weighted by Gasteiger charge is -2.39. The first kappa shape index (κ1) is 21.0. The van der Waals surface area contributed by atoms with Gasteiger partial charge in [-0.3, -0.25) is 9.69 Å². The molecule has 150 valence electrons. The summed E-state index contributed by atoms with van der Waals surface area (Å²) < 4.78 is 5.40. The number of amides is 2. The molecule has 2 saturated heterocycles. The number of nitrogens with zero attached hydrogens (tertiary/aromatic N) is 3. The molecule has 2 fully saturated rings. The summed E-state index contributed by atoms with van der Waals surface area (Å²) in [6.45, 7) is 12.0. The number of carbonyl (C=O) groups excluding carboxylic acids is 2. The first-order valence-corrected chi connectivity index (χ1v) is 10.1. The molecule has 6 nitrogen and oxygen atoms in total. The van der Waals surface area contributed by atoms with Gasteiger partial charge in [0.2, 0.25) is 5.91 Å². The van der Waals surface area contributed by atoms with Crippen molar-refractivity contribution >= 4 is 12.0 Å². The van der Waals surface area contributed by atoms with Crippen molar-refractivity contribution in [3.8, 4) is 0 Å². The minimum atomic E-state index is -0.542. The Balaban J connectivity index is 1.79. The molecule has 6 heteroatoms. The standard InChI is InChI=1S/C20H37N3O3/c1-6-22(19(25)26-20(2,3)4)15-18(24)23-13-9-17(10-14-23)16-7-11-21(5)12-8-16/h16-17H,6-15H2,1-5H3. The number of hydrogen-bond acceptors (Lipinski definition) is 4. The van der Waals surface area contributed by atoms with E-state index in [9.17, 15) is 9.59 Å². The fourth-order valence-corrected chi connectivity index (χ4v) is 4.02. The molecule has 0 unspecified atom stereocenters. The third kappa shape index (κ3) is 6.15. The normalized spacial score (nSPS) is 20.9. The summed E-state index contributed by atoms with van der Waals surface area (Å²) in [6, 6.07) is 0. The summed E-state index contributed by atoms with van der Waals surface area (Å²) in [6.07, 6.45) is 4.36. The summed E-state index contributed by atoms with van der Waals surface area (Å²) in [5.41, 5.74) is -0.542. The van der Waals surface area contributed by atoms with Crippen molar-refractivity contribution in [2.24, 2.45) is 11.8 Å². The van der Waals surface area contributed by atoms with E-state index in [1.54, 1.807) is 0 Å². The molecular formula is C20H37N3O3. The zero-order valence-corrected chi connectivity index (χ0v) is 17.3. The number of likely N-dealkylation sites (tertiary alicyclic amines) is 2. The maximum atomic E-state index is 12.6. The maximum absolute atomic E-state index is 12.6. The second-order valence-corrected chi connectivity index (χ2v) is 8.85. The Kier molecular flexibility index (Phi) is 7.33. The number of likely N-dealkylation sites (N-methyl/N-ethyl adjacent to an activating group) is 1. The van der Waals surface area contributed by atoms with Gasteiger partial charge in [-0.25, -0.2) is 4.79 Å². The van der Waals surface area contributed by atoms with Gasteiger partial charge in [0.1, 0.15) is 12.1 Å². The lowest BCUT2D eigenvalue weighted by Crippen LogP contribution is -2.47. The van der Waals surface area contributed by atoms with Crippen LogP contribution in [0.2, 0.25) is 0 Å². The average Bonchev–Trinajstić information content (AvgIpc) is 2.58. The molecule has 26 heavy (non-hydrogen) atoms. The maximum Gasteiger partial charge on any atom is 0.410 e. The predicted molar refractivity (Wildman–Crippen MR) is 103 cm³/mol. The molecule has 2 rings (SSSR count). The second-order valence-electron chi connectivity index (χ2n) is 8.85. The molecule has 2 aliphatic heterocycles. The van der Waals surface area contributed by atoms with E-state index >= 15 is 0 Å². The molecular weight excluding hydrogens is 330 g/mol. The summed E-state index contributed by atoms with van der Waals surface area (Å²) >= 11 is 0. The van der Waals surface area contributed by atoms with E-state index in [0.29, 0.717) is 6.54 Å². The Morgan fingerprint density at radius 1 is 1.00 bits per heavy atom. The quantitative estimate of drug-likeness (QED) is 0.767. The molecule has 0 aromatic rings. The van der Waals surface area contributed by atoms with Crippen molar-refractivity contribution in [1.82, 2.24) is 14.7 Å². The van der Waals surface area contributed by atoms with E-state index in [1.165, 1.54) is 30.8 Å². The number of ether oxygens (including phenoxy) is 1. The fourth-order valence-electron chi connectivity index (χ4n) is 4.02. The van der Waals surface area contributed by atoms with Crippen molar-refractivity contribution in [1.29, 1.82) is 0 Å². The van der Waals surface area contributed by atoms with Gasteiger partial charge in [-0.05, 0) is 85.4 Å². The molecule has 0 aromatic carbocycles. The van der Waals surface area contributed by atoms with Gasteiger partial charge in [-0.2, -0.15) is 0 Å². The van der Waals surface area contributed by atoms with Gasteiger partial charge in [-0.1, -0.05) is 0 Å². The molecule has 2 amide bonds. The van der Waals surface area contributed by atoms with Gasteiger partial charge >= 0.3 is 6.09 Å². The van der Waals surface area contributed by atoms with Crippen LogP contribution in [0.3, 0.4) is 0 Å². The van der Waals surface area contributed by atoms with Crippen LogP contribution in [0.4, 0.5) is 4.79 Å². The highest BCUT2D eigenvalue weighted by atomic mass is 16.6. The molecule has 0 radical (unpaired) electrons. The number of carbonyl (C=O) groups is 2. The summed E-state index contributed by atoms with van der Waals surface area (Å²) in [5, 5.41) is 0. The van der Waals surface area contributed by atoms with Gasteiger partial charge in [0, 0.05) is 19.6 Å². The molecule has 0 saturated carbocycles. The molecule has 0 spiro atoms. The summed E-state index contributed by atoms with van der Waals surface area (Å²) in [5.74, 6) is 1.61. The zero-order chi connectivity index (χ0) is 19.3. The number of hydrogen-bond donors (Lipinski definition) is 0. The van der Waals surface area contributed by atoms with Gasteiger partial charge in [0.05, 0.1) is 0 Å². The monoisotopic (exact) mass is 367 g/mol. The third-order valence-electron chi connectivity index (χ3n) is 5.68. The average molecular weight is 368 g/mol. The van der Waals surface area contributed by atoms with Gasteiger partial charge in [0.15, 0.2) is 0 Å². The lowest BCUT2D eigenvalue weighted by molar-refractivity contribution is -0.134. The van der Waals surface area contributed by atoms with Crippen LogP contribution in [-0.2, 0) is 9.53 Å². The van der Waals surface area contributed by atoms with Crippen LogP contribution in [0.5, 0.6) is 0 Å². The topological polar surface area (TPSA) is 53.1 Å². The summed E-state index contributed by atoms with van der Waals surface area (Å²) in [7, 11) is 2.20. The Hall–Kier alpha value is -1.30. The smallest absolute Gasteiger partial charge is 0.410 e. The fraction of sp³-hybridized carbons (Fsp3) is 0.900. The minimum Gasteiger partial charge on any atom is -0.444 e. The van der Waals surface area contributed by atoms with Gasteiger partial charge < -0.3 is 14.5 Å². The molecule has 2 aliphatic rings. The highest BCUT2D eigenvalue weighted by molar-refractivity contribution is 5.82. The highest BCUT2D eigenvalue weighted by Crippen LogP contribution is 2.32. The lowest BCUT2D eigenvalue weighted by atomic mass is 9.79. The largest absolute Gasteiger partial charge is 0.444 e. The number of rotatable bonds is 4. The van der Waals surface area contributed by atoms with Crippen LogP contribution in [-0.4, -0.2) is 78.6 Å².